The maximum atomic E-state index is 11.1. The number of pyridine rings is 1. The first-order valence-electron chi connectivity index (χ1n) is 10.6. The zero-order valence-corrected chi connectivity index (χ0v) is 17.8. The molecule has 0 spiro atoms. The molecule has 1 aliphatic heterocycles. The maximum Gasteiger partial charge on any atom is 0.250 e. The molecule has 4 rings (SSSR count). The summed E-state index contributed by atoms with van der Waals surface area (Å²) >= 11 is 0. The first-order valence-corrected chi connectivity index (χ1v) is 10.6. The predicted octanol–water partition coefficient (Wildman–Crippen LogP) is 3.85. The molecule has 0 saturated carbocycles. The molecule has 0 bridgehead atoms. The summed E-state index contributed by atoms with van der Waals surface area (Å²) in [5.74, 6) is 0.643. The molecular formula is C25H28N4O2. The Morgan fingerprint density at radius 2 is 1.71 bits per heavy atom. The third-order valence-electron chi connectivity index (χ3n) is 5.81. The largest absolute Gasteiger partial charge is 0.439 e. The quantitative estimate of drug-likeness (QED) is 0.633. The van der Waals surface area contributed by atoms with E-state index >= 15 is 0 Å². The normalized spacial score (nSPS) is 16.0. The van der Waals surface area contributed by atoms with E-state index in [2.05, 4.69) is 64.2 Å². The number of benzene rings is 2. The number of nitrogens with zero attached hydrogens (tertiary/aromatic N) is 3. The van der Waals surface area contributed by atoms with Gasteiger partial charge < -0.3 is 10.5 Å². The topological polar surface area (TPSA) is 71.7 Å². The van der Waals surface area contributed by atoms with Crippen LogP contribution in [0.4, 0.5) is 0 Å². The Kier molecular flexibility index (Phi) is 6.60. The molecule has 1 fully saturated rings. The number of carbonyl (C=O) groups excluding carboxylic acids is 1. The second kappa shape index (κ2) is 9.73. The van der Waals surface area contributed by atoms with E-state index in [-0.39, 0.29) is 0 Å². The van der Waals surface area contributed by atoms with Gasteiger partial charge in [-0.15, -0.1) is 0 Å². The lowest BCUT2D eigenvalue weighted by molar-refractivity contribution is 0.0978. The van der Waals surface area contributed by atoms with Crippen molar-refractivity contribution in [2.24, 2.45) is 5.73 Å². The van der Waals surface area contributed by atoms with E-state index in [0.29, 0.717) is 23.2 Å². The Balaban J connectivity index is 1.27. The Morgan fingerprint density at radius 1 is 1.00 bits per heavy atom. The molecule has 6 heteroatoms. The van der Waals surface area contributed by atoms with E-state index in [4.69, 9.17) is 10.5 Å². The second-order valence-corrected chi connectivity index (χ2v) is 7.89. The lowest BCUT2D eigenvalue weighted by Gasteiger charge is -2.38. The monoisotopic (exact) mass is 416 g/mol. The molecular weight excluding hydrogens is 388 g/mol. The maximum absolute atomic E-state index is 11.1. The van der Waals surface area contributed by atoms with E-state index in [9.17, 15) is 4.79 Å². The van der Waals surface area contributed by atoms with Crippen molar-refractivity contribution in [3.63, 3.8) is 0 Å². The van der Waals surface area contributed by atoms with Crippen molar-refractivity contribution in [1.82, 2.24) is 14.8 Å². The van der Waals surface area contributed by atoms with Crippen LogP contribution in [0.3, 0.4) is 0 Å². The van der Waals surface area contributed by atoms with Crippen LogP contribution in [0, 0.1) is 0 Å². The third-order valence-corrected chi connectivity index (χ3v) is 5.81. The highest BCUT2D eigenvalue weighted by Crippen LogP contribution is 2.23. The number of aromatic nitrogens is 1. The van der Waals surface area contributed by atoms with Crippen molar-refractivity contribution >= 4 is 5.91 Å². The highest BCUT2D eigenvalue weighted by Gasteiger charge is 2.21. The third kappa shape index (κ3) is 5.48. The summed E-state index contributed by atoms with van der Waals surface area (Å²) in [4.78, 5) is 20.3. The fourth-order valence-electron chi connectivity index (χ4n) is 3.88. The molecule has 6 nitrogen and oxygen atoms in total. The molecule has 1 atom stereocenters. The molecule has 0 radical (unpaired) electrons. The van der Waals surface area contributed by atoms with Crippen LogP contribution in [0.2, 0.25) is 0 Å². The molecule has 2 heterocycles. The zero-order valence-electron chi connectivity index (χ0n) is 17.8. The smallest absolute Gasteiger partial charge is 0.250 e. The molecule has 1 aromatic heterocycles. The van der Waals surface area contributed by atoms with Gasteiger partial charge in [0.2, 0.25) is 11.8 Å². The number of ether oxygens (including phenoxy) is 1. The van der Waals surface area contributed by atoms with Gasteiger partial charge in [0.05, 0.1) is 5.56 Å². The van der Waals surface area contributed by atoms with Gasteiger partial charge in [0, 0.05) is 51.0 Å². The van der Waals surface area contributed by atoms with Crippen LogP contribution < -0.4 is 10.5 Å². The van der Waals surface area contributed by atoms with Crippen LogP contribution >= 0.6 is 0 Å². The Bertz CT molecular complexity index is 982. The average Bonchev–Trinajstić information content (AvgIpc) is 2.81. The number of piperazine rings is 1. The highest BCUT2D eigenvalue weighted by molar-refractivity contribution is 5.92. The summed E-state index contributed by atoms with van der Waals surface area (Å²) in [6.45, 7) is 7.49. The van der Waals surface area contributed by atoms with Crippen molar-refractivity contribution in [2.75, 3.05) is 26.2 Å². The zero-order chi connectivity index (χ0) is 21.6. The van der Waals surface area contributed by atoms with Gasteiger partial charge in [0.1, 0.15) is 5.75 Å². The molecule has 0 unspecified atom stereocenters. The summed E-state index contributed by atoms with van der Waals surface area (Å²) in [6.07, 6.45) is 1.42. The number of amides is 1. The van der Waals surface area contributed by atoms with E-state index in [1.807, 2.05) is 12.1 Å². The average molecular weight is 417 g/mol. The molecule has 1 saturated heterocycles. The Hall–Kier alpha value is -3.22. The summed E-state index contributed by atoms with van der Waals surface area (Å²) in [7, 11) is 0. The fraction of sp³-hybridized carbons (Fsp3) is 0.280. The number of hydrogen-bond acceptors (Lipinski definition) is 5. The van der Waals surface area contributed by atoms with Crippen LogP contribution in [0.1, 0.15) is 34.5 Å². The second-order valence-electron chi connectivity index (χ2n) is 7.89. The van der Waals surface area contributed by atoms with Gasteiger partial charge in [-0.05, 0) is 36.2 Å². The molecule has 2 N–H and O–H groups in total. The van der Waals surface area contributed by atoms with Crippen molar-refractivity contribution in [2.45, 2.75) is 19.5 Å². The van der Waals surface area contributed by atoms with Gasteiger partial charge in [-0.25, -0.2) is 4.98 Å². The summed E-state index contributed by atoms with van der Waals surface area (Å²) < 4.78 is 5.76. The van der Waals surface area contributed by atoms with Crippen molar-refractivity contribution < 1.29 is 9.53 Å². The number of carbonyl (C=O) groups is 1. The first-order chi connectivity index (χ1) is 15.1. The summed E-state index contributed by atoms with van der Waals surface area (Å²) in [6, 6.07) is 22.5. The van der Waals surface area contributed by atoms with Gasteiger partial charge in [-0.3, -0.25) is 14.6 Å². The van der Waals surface area contributed by atoms with Crippen LogP contribution in [-0.2, 0) is 6.54 Å². The molecule has 3 aromatic rings. The van der Waals surface area contributed by atoms with Crippen molar-refractivity contribution in [3.05, 3.63) is 89.6 Å². The highest BCUT2D eigenvalue weighted by atomic mass is 16.5. The van der Waals surface area contributed by atoms with Gasteiger partial charge in [0.25, 0.3) is 0 Å². The number of hydrogen-bond donors (Lipinski definition) is 1. The number of nitrogens with two attached hydrogens (primary N) is 1. The predicted molar refractivity (Wildman–Crippen MR) is 121 cm³/mol. The van der Waals surface area contributed by atoms with E-state index in [1.165, 1.54) is 17.3 Å². The molecule has 2 aromatic carbocycles. The Labute approximate surface area is 183 Å². The van der Waals surface area contributed by atoms with Gasteiger partial charge in [-0.2, -0.15) is 0 Å². The fourth-order valence-corrected chi connectivity index (χ4v) is 3.88. The molecule has 0 aliphatic carbocycles. The molecule has 31 heavy (non-hydrogen) atoms. The van der Waals surface area contributed by atoms with Gasteiger partial charge >= 0.3 is 0 Å². The standard InChI is InChI=1S/C25H28N4O2/c1-19(21-5-3-2-4-6-21)29-15-13-28(14-16-29)18-20-7-10-23(11-8-20)31-24-12-9-22(17-27-24)25(26)30/h2-12,17,19H,13-16,18H2,1H3,(H2,26,30)/t19-/m0/s1. The van der Waals surface area contributed by atoms with E-state index in [0.717, 1.165) is 32.7 Å². The summed E-state index contributed by atoms with van der Waals surface area (Å²) in [5, 5.41) is 0. The lowest BCUT2D eigenvalue weighted by atomic mass is 10.1. The van der Waals surface area contributed by atoms with Crippen molar-refractivity contribution in [1.29, 1.82) is 0 Å². The van der Waals surface area contributed by atoms with Gasteiger partial charge in [-0.1, -0.05) is 42.5 Å². The minimum absolute atomic E-state index is 0.362. The van der Waals surface area contributed by atoms with Crippen LogP contribution in [0.25, 0.3) is 0 Å². The molecule has 1 aliphatic rings. The Morgan fingerprint density at radius 3 is 2.32 bits per heavy atom. The number of primary amides is 1. The van der Waals surface area contributed by atoms with E-state index in [1.54, 1.807) is 12.1 Å². The number of rotatable bonds is 7. The SMILES string of the molecule is C[C@@H](c1ccccc1)N1CCN(Cc2ccc(Oc3ccc(C(N)=O)cn3)cc2)CC1. The van der Waals surface area contributed by atoms with Crippen LogP contribution in [0.5, 0.6) is 11.6 Å². The minimum Gasteiger partial charge on any atom is -0.439 e. The van der Waals surface area contributed by atoms with Crippen LogP contribution in [-0.4, -0.2) is 46.9 Å². The van der Waals surface area contributed by atoms with Crippen LogP contribution in [0.15, 0.2) is 72.9 Å². The molecule has 1 amide bonds. The minimum atomic E-state index is -0.501. The first kappa shape index (κ1) is 21.0. The van der Waals surface area contributed by atoms with Crippen molar-refractivity contribution in [3.8, 4) is 11.6 Å². The summed E-state index contributed by atoms with van der Waals surface area (Å²) in [5.41, 5.74) is 8.23. The van der Waals surface area contributed by atoms with E-state index < -0.39 is 5.91 Å². The van der Waals surface area contributed by atoms with Gasteiger partial charge in [0.15, 0.2) is 0 Å². The lowest BCUT2D eigenvalue weighted by Crippen LogP contribution is -2.46. The molecule has 160 valence electrons.